The van der Waals surface area contributed by atoms with Gasteiger partial charge in [0, 0.05) is 12.6 Å². The molecule has 0 radical (unpaired) electrons. The van der Waals surface area contributed by atoms with Crippen LogP contribution in [0.4, 0.5) is 0 Å². The van der Waals surface area contributed by atoms with Gasteiger partial charge < -0.3 is 45.5 Å². The summed E-state index contributed by atoms with van der Waals surface area (Å²) >= 11 is 0. The van der Waals surface area contributed by atoms with Gasteiger partial charge in [0.2, 0.25) is 12.2 Å². The van der Waals surface area contributed by atoms with E-state index in [1.807, 2.05) is 0 Å². The lowest BCUT2D eigenvalue weighted by atomic mass is 10.1. The Morgan fingerprint density at radius 1 is 0.809 bits per heavy atom. The number of ether oxygens (including phenoxy) is 2. The highest BCUT2D eigenvalue weighted by Crippen LogP contribution is 2.13. The summed E-state index contributed by atoms with van der Waals surface area (Å²) in [5.41, 5.74) is 6.25. The van der Waals surface area contributed by atoms with E-state index in [9.17, 15) is 39.7 Å². The van der Waals surface area contributed by atoms with Crippen molar-refractivity contribution >= 4 is 29.7 Å². The molecule has 15 nitrogen and oxygen atoms in total. The summed E-state index contributed by atoms with van der Waals surface area (Å²) in [4.78, 5) is 54.1. The molecule has 1 aliphatic rings. The number of carbonyl (C=O) groups is 4. The Kier molecular flexibility index (Phi) is 14.1. The first kappa shape index (κ1) is 35.9. The number of aliphatic hydroxyl groups excluding tert-OH is 1. The summed E-state index contributed by atoms with van der Waals surface area (Å²) in [7, 11) is 0. The van der Waals surface area contributed by atoms with Gasteiger partial charge in [0.25, 0.3) is 0 Å². The van der Waals surface area contributed by atoms with Crippen LogP contribution in [0.1, 0.15) is 45.5 Å². The fourth-order valence-corrected chi connectivity index (χ4v) is 4.34. The Morgan fingerprint density at radius 2 is 1.30 bits per heavy atom. The summed E-state index contributed by atoms with van der Waals surface area (Å²) < 4.78 is 10.2. The molecule has 250 valence electrons. The zero-order valence-corrected chi connectivity index (χ0v) is 25.3. The number of nitrogens with zero attached hydrogens (tertiary/aromatic N) is 3. The van der Waals surface area contributed by atoms with E-state index in [-0.39, 0.29) is 23.6 Å². The molecular formula is C32H36N4O11. The lowest BCUT2D eigenvalue weighted by Crippen LogP contribution is -2.45. The summed E-state index contributed by atoms with van der Waals surface area (Å²) in [6.07, 6.45) is 1.28. The predicted octanol–water partition coefficient (Wildman–Crippen LogP) is 1.41. The van der Waals surface area contributed by atoms with Gasteiger partial charge in [-0.2, -0.15) is 4.73 Å². The van der Waals surface area contributed by atoms with Crippen LogP contribution >= 0.6 is 0 Å². The first-order valence-electron chi connectivity index (χ1n) is 14.6. The number of aromatic nitrogens is 1. The van der Waals surface area contributed by atoms with E-state index >= 15 is 0 Å². The van der Waals surface area contributed by atoms with Gasteiger partial charge in [-0.05, 0) is 56.3 Å². The number of piperidine rings is 1. The maximum atomic E-state index is 12.0. The van der Waals surface area contributed by atoms with Gasteiger partial charge >= 0.3 is 23.9 Å². The highest BCUT2D eigenvalue weighted by atomic mass is 16.6. The zero-order valence-electron chi connectivity index (χ0n) is 25.3. The number of esters is 2. The maximum absolute atomic E-state index is 12.0. The van der Waals surface area contributed by atoms with Crippen LogP contribution in [0.15, 0.2) is 90.3 Å². The Bertz CT molecular complexity index is 1430. The van der Waals surface area contributed by atoms with Gasteiger partial charge in [0.1, 0.15) is 12.7 Å². The van der Waals surface area contributed by atoms with Crippen molar-refractivity contribution in [2.45, 2.75) is 37.6 Å². The average molecular weight is 653 g/mol. The van der Waals surface area contributed by atoms with Crippen molar-refractivity contribution in [3.05, 3.63) is 107 Å². The molecular weight excluding hydrogens is 616 g/mol. The molecule has 0 saturated carbocycles. The minimum atomic E-state index is -2.21. The third-order valence-corrected chi connectivity index (χ3v) is 6.67. The van der Waals surface area contributed by atoms with Gasteiger partial charge in [0.15, 0.2) is 18.2 Å². The van der Waals surface area contributed by atoms with Gasteiger partial charge in [-0.15, -0.1) is 0 Å². The van der Waals surface area contributed by atoms with Crippen LogP contribution in [0, 0.1) is 5.21 Å². The van der Waals surface area contributed by atoms with Crippen LogP contribution in [-0.4, -0.2) is 94.5 Å². The lowest BCUT2D eigenvalue weighted by Gasteiger charge is -2.27. The highest BCUT2D eigenvalue weighted by molar-refractivity contribution is 5.96. The number of oxime groups is 1. The second-order valence-electron chi connectivity index (χ2n) is 10.3. The molecule has 0 spiro atoms. The van der Waals surface area contributed by atoms with Crippen molar-refractivity contribution in [1.82, 2.24) is 4.90 Å². The lowest BCUT2D eigenvalue weighted by molar-refractivity contribution is -0.605. The van der Waals surface area contributed by atoms with Crippen molar-refractivity contribution in [2.75, 3.05) is 26.2 Å². The van der Waals surface area contributed by atoms with E-state index in [1.165, 1.54) is 80.2 Å². The fourth-order valence-electron chi connectivity index (χ4n) is 4.34. The number of likely N-dealkylation sites (tertiary alicyclic amines) is 1. The predicted molar refractivity (Wildman–Crippen MR) is 165 cm³/mol. The number of hydrogen-bond donors (Lipinski definition) is 4. The summed E-state index contributed by atoms with van der Waals surface area (Å²) in [5.74, 6) is -5.52. The molecule has 1 aliphatic heterocycles. The van der Waals surface area contributed by atoms with Crippen molar-refractivity contribution in [1.29, 1.82) is 0 Å². The number of nitrogens with two attached hydrogens (primary N) is 1. The molecule has 3 atom stereocenters. The number of carbonyl (C=O) groups excluding carboxylic acids is 2. The van der Waals surface area contributed by atoms with E-state index in [0.717, 1.165) is 13.1 Å². The van der Waals surface area contributed by atoms with Crippen molar-refractivity contribution < 1.29 is 53.5 Å². The minimum Gasteiger partial charge on any atom is -0.619 e. The Labute approximate surface area is 270 Å². The van der Waals surface area contributed by atoms with Crippen LogP contribution in [0.2, 0.25) is 0 Å². The molecule has 0 bridgehead atoms. The van der Waals surface area contributed by atoms with Gasteiger partial charge in [0.05, 0.1) is 16.7 Å². The molecule has 15 heteroatoms. The molecule has 1 aromatic heterocycles. The zero-order chi connectivity index (χ0) is 34.2. The van der Waals surface area contributed by atoms with Crippen molar-refractivity contribution in [3.8, 4) is 0 Å². The molecule has 2 aromatic carbocycles. The molecule has 5 N–H and O–H groups in total. The average Bonchev–Trinajstić information content (AvgIpc) is 3.07. The van der Waals surface area contributed by atoms with Crippen LogP contribution in [0.3, 0.4) is 0 Å². The minimum absolute atomic E-state index is 0.0253. The number of aliphatic carboxylic acids is 2. The quantitative estimate of drug-likeness (QED) is 0.0512. The van der Waals surface area contributed by atoms with E-state index in [0.29, 0.717) is 16.8 Å². The number of benzene rings is 2. The van der Waals surface area contributed by atoms with Gasteiger partial charge in [-0.1, -0.05) is 48.0 Å². The monoisotopic (exact) mass is 652 g/mol. The van der Waals surface area contributed by atoms with E-state index < -0.39 is 42.2 Å². The standard InChI is InChI=1S/C18H14O8.C14H22N4O3/c19-15(20)13(25-17(23)11-7-3-1-4-8-11)14(16(21)22)26-18(24)12-9-5-2-6-10-12;15-14(12-5-4-8-18(20)9-12)16-21-11-13(19)10-17-6-2-1-3-7-17/h1-10,13-14H,(H,19,20)(H,21,22);4-5,8-9,13,19H,1-3,6-7,10-11H2,(H2,15,16)/t13-,14-;13-/m00/s1. The van der Waals surface area contributed by atoms with Gasteiger partial charge in [-0.25, -0.2) is 19.2 Å². The van der Waals surface area contributed by atoms with E-state index in [4.69, 9.17) is 20.0 Å². The van der Waals surface area contributed by atoms with E-state index in [2.05, 4.69) is 10.1 Å². The van der Waals surface area contributed by atoms with Crippen LogP contribution < -0.4 is 10.5 Å². The number of pyridine rings is 1. The highest BCUT2D eigenvalue weighted by Gasteiger charge is 2.41. The third-order valence-electron chi connectivity index (χ3n) is 6.67. The molecule has 1 saturated heterocycles. The Morgan fingerprint density at radius 3 is 1.77 bits per heavy atom. The van der Waals surface area contributed by atoms with Crippen LogP contribution in [0.25, 0.3) is 0 Å². The Balaban J connectivity index is 0.000000261. The molecule has 0 unspecified atom stereocenters. The molecule has 0 amide bonds. The number of rotatable bonds is 13. The van der Waals surface area contributed by atoms with Crippen LogP contribution in [0.5, 0.6) is 0 Å². The molecule has 1 fully saturated rings. The van der Waals surface area contributed by atoms with E-state index in [1.54, 1.807) is 24.3 Å². The Hall–Kier alpha value is -5.54. The summed E-state index contributed by atoms with van der Waals surface area (Å²) in [6, 6.07) is 18.1. The normalized spacial score (nSPS) is 15.1. The second-order valence-corrected chi connectivity index (χ2v) is 10.3. The second kappa shape index (κ2) is 18.4. The maximum Gasteiger partial charge on any atom is 0.349 e. The molecule has 2 heterocycles. The molecule has 4 rings (SSSR count). The number of β-amino-alcohol motifs (C(OH)–C–C–N with tert-alkyl or cyclic N) is 1. The SMILES string of the molecule is NC(=NOC[C@@H](O)CN1CCCCC1)c1ccc[n+]([O-])c1.O=C(O[C@H](C(=O)O)[C@H](OC(=O)c1ccccc1)C(=O)O)c1ccccc1. The number of amidine groups is 1. The summed E-state index contributed by atoms with van der Waals surface area (Å²) in [5, 5.41) is 43.2. The van der Waals surface area contributed by atoms with Crippen molar-refractivity contribution in [2.24, 2.45) is 10.9 Å². The first-order chi connectivity index (χ1) is 22.5. The number of carboxylic acid groups (broad SMARTS) is 2. The molecule has 47 heavy (non-hydrogen) atoms. The summed E-state index contributed by atoms with van der Waals surface area (Å²) in [6.45, 7) is 2.72. The number of carboxylic acids is 2. The van der Waals surface area contributed by atoms with Crippen molar-refractivity contribution in [3.63, 3.8) is 0 Å². The first-order valence-corrected chi connectivity index (χ1v) is 14.6. The number of aliphatic hydroxyl groups is 1. The van der Waals surface area contributed by atoms with Crippen LogP contribution in [-0.2, 0) is 23.9 Å². The molecule has 0 aliphatic carbocycles. The van der Waals surface area contributed by atoms with Gasteiger partial charge in [-0.3, -0.25) is 0 Å². The third kappa shape index (κ3) is 12.1. The smallest absolute Gasteiger partial charge is 0.349 e. The molecule has 3 aromatic rings. The fraction of sp³-hybridized carbons (Fsp3) is 0.312. The largest absolute Gasteiger partial charge is 0.619 e. The topological polar surface area (TPSA) is 225 Å². The number of hydrogen-bond acceptors (Lipinski definition) is 11.